The smallest absolute Gasteiger partial charge is 0.210 e. The third-order valence-corrected chi connectivity index (χ3v) is 23.6. The number of fused-ring (bicyclic) bond motifs is 8. The summed E-state index contributed by atoms with van der Waals surface area (Å²) in [5, 5.41) is 57.1. The Morgan fingerprint density at radius 2 is 0.686 bits per heavy atom. The maximum atomic E-state index is 11.9. The lowest BCUT2D eigenvalue weighted by atomic mass is 9.76. The predicted octanol–water partition coefficient (Wildman–Crippen LogP) is 14.3. The number of hydrogen-bond donors (Lipinski definition) is 0. The Kier molecular flexibility index (Phi) is 29.3. The van der Waals surface area contributed by atoms with Gasteiger partial charge in [-0.2, -0.15) is 35.6 Å². The third kappa shape index (κ3) is 17.9. The number of hydrogen-bond acceptors (Lipinski definition) is 22. The standard InChI is InChI=1S/C22H29NO6S2.C19H23NO6S2.C18H27NO3S.C15H21NO3S/c1-6-7-8-11-23-18-10-9-16-17(20(18)22(4,5)21(23)14(2)3)12-15(31(25,26)27)13-19(16)30-29-28-24;1-6-20-15-8-7-13-14(17(15)19(4,5)18(20)11(2)3)9-12(28(22,23)24)10-16(13)27-26-25-21;1-6-7-8-11-19-16-10-9-14(23-22-21-20)12-15(16)18(4,5)17(19)13(2)3;1-6-16-13-8-7-11(20-19-18-17)9-12(13)15(4,5)14(16)10(2)3/h9-10,12-14H,6-8,11H2,1-5H3,(H-,24,25,26,27);7-11H,6H2,1-5H3,(H-,21,22,23,24);9-10,12-13H,6-8,11H2,1-5H3;7-10H,6H2,1-5H3/p-2. The quantitative estimate of drug-likeness (QED) is 0.0110. The van der Waals surface area contributed by atoms with E-state index in [2.05, 4.69) is 219 Å². The van der Waals surface area contributed by atoms with Crippen LogP contribution in [0.3, 0.4) is 0 Å². The van der Waals surface area contributed by atoms with E-state index in [9.17, 15) is 47.0 Å². The minimum atomic E-state index is -4.72. The van der Waals surface area contributed by atoms with Gasteiger partial charge in [0.25, 0.3) is 0 Å². The largest absolute Gasteiger partial charge is 0.744 e. The Labute approximate surface area is 619 Å². The monoisotopic (exact) mass is 1520 g/mol. The van der Waals surface area contributed by atoms with Crippen molar-refractivity contribution in [2.75, 3.05) is 26.2 Å². The van der Waals surface area contributed by atoms with Crippen LogP contribution in [0.4, 0.5) is 22.7 Å². The molecule has 4 aliphatic heterocycles. The number of benzene rings is 6. The Hall–Kier alpha value is -4.74. The van der Waals surface area contributed by atoms with Gasteiger partial charge in [0.1, 0.15) is 46.4 Å². The van der Waals surface area contributed by atoms with Gasteiger partial charge in [0, 0.05) is 103 Å². The molecule has 6 aromatic carbocycles. The lowest BCUT2D eigenvalue weighted by Crippen LogP contribution is -2.34. The highest BCUT2D eigenvalue weighted by atomic mass is 32.2. The molecule has 4 aliphatic rings. The molecule has 10 rings (SSSR count). The van der Waals surface area contributed by atoms with Crippen molar-refractivity contribution in [3.05, 3.63) is 107 Å². The molecule has 0 amide bonds. The van der Waals surface area contributed by atoms with Gasteiger partial charge >= 0.3 is 0 Å². The summed E-state index contributed by atoms with van der Waals surface area (Å²) in [5.41, 5.74) is 13.6. The second kappa shape index (κ2) is 35.3. The van der Waals surface area contributed by atoms with Gasteiger partial charge in [-0.1, -0.05) is 82.1 Å². The highest BCUT2D eigenvalue weighted by Crippen LogP contribution is 2.51. The van der Waals surface area contributed by atoms with Crippen LogP contribution >= 0.6 is 48.2 Å². The molecule has 0 aromatic heterocycles. The van der Waals surface area contributed by atoms with Gasteiger partial charge in [-0.05, 0) is 164 Å². The maximum absolute atomic E-state index is 11.9. The molecule has 0 atom stereocenters. The fraction of sp³-hybridized carbons (Fsp3) is 0.514. The van der Waals surface area contributed by atoms with Crippen molar-refractivity contribution in [3.63, 3.8) is 0 Å². The van der Waals surface area contributed by atoms with Gasteiger partial charge in [0.05, 0.1) is 79.6 Å². The van der Waals surface area contributed by atoms with E-state index in [1.54, 1.807) is 0 Å². The molecule has 0 saturated carbocycles. The van der Waals surface area contributed by atoms with E-state index in [4.69, 9.17) is 0 Å². The summed E-state index contributed by atoms with van der Waals surface area (Å²) in [6.45, 7) is 47.4. The summed E-state index contributed by atoms with van der Waals surface area (Å²) in [5.74, 6) is 1.51. The number of unbranched alkanes of at least 4 members (excludes halogenated alkanes) is 4. The molecule has 0 unspecified atom stereocenters. The Bertz CT molecular complexity index is 4390. The van der Waals surface area contributed by atoms with Crippen molar-refractivity contribution in [3.8, 4) is 0 Å². The van der Waals surface area contributed by atoms with Gasteiger partial charge in [0.15, 0.2) is 22.8 Å². The van der Waals surface area contributed by atoms with Crippen LogP contribution in [0.25, 0.3) is 21.5 Å². The van der Waals surface area contributed by atoms with E-state index in [-0.39, 0.29) is 43.3 Å². The average Bonchev–Trinajstić information content (AvgIpc) is 1.50. The van der Waals surface area contributed by atoms with E-state index in [0.717, 1.165) is 102 Å². The first-order chi connectivity index (χ1) is 47.9. The summed E-state index contributed by atoms with van der Waals surface area (Å²) in [6.07, 6.45) is 6.96. The number of nitrogens with zero attached hydrogens (tertiary/aromatic N) is 4. The summed E-state index contributed by atoms with van der Waals surface area (Å²) >= 11 is 3.07. The van der Waals surface area contributed by atoms with E-state index in [1.807, 2.05) is 36.4 Å². The van der Waals surface area contributed by atoms with Gasteiger partial charge in [0.2, 0.25) is 22.7 Å². The highest BCUT2D eigenvalue weighted by molar-refractivity contribution is 7.95. The molecule has 28 heteroatoms. The molecular formula is C74H98N4O18S6-2. The Morgan fingerprint density at radius 3 is 1.03 bits per heavy atom. The van der Waals surface area contributed by atoms with Crippen LogP contribution in [0.5, 0.6) is 0 Å². The molecule has 6 aromatic rings. The van der Waals surface area contributed by atoms with E-state index >= 15 is 0 Å². The second-order valence-corrected chi connectivity index (χ2v) is 34.8. The van der Waals surface area contributed by atoms with Crippen LogP contribution in [0.1, 0.15) is 199 Å². The lowest BCUT2D eigenvalue weighted by molar-refractivity contribution is -0.777. The molecule has 0 bridgehead atoms. The highest BCUT2D eigenvalue weighted by Gasteiger charge is 2.51. The fourth-order valence-corrected chi connectivity index (χ4v) is 19.5. The van der Waals surface area contributed by atoms with E-state index in [0.29, 0.717) is 67.3 Å². The van der Waals surface area contributed by atoms with Crippen molar-refractivity contribution in [2.24, 2.45) is 23.7 Å². The van der Waals surface area contributed by atoms with Crippen LogP contribution in [-0.2, 0) is 79.4 Å². The topological polar surface area (TPSA) is 293 Å². The van der Waals surface area contributed by atoms with Crippen LogP contribution in [0, 0.1) is 23.7 Å². The minimum Gasteiger partial charge on any atom is -0.744 e. The molecule has 560 valence electrons. The molecule has 22 nitrogen and oxygen atoms in total. The lowest BCUT2D eigenvalue weighted by Gasteiger charge is -2.22. The Balaban J connectivity index is 0.000000193. The molecule has 0 aliphatic carbocycles. The van der Waals surface area contributed by atoms with Crippen molar-refractivity contribution in [2.45, 2.75) is 228 Å². The third-order valence-electron chi connectivity index (χ3n) is 19.5. The minimum absolute atomic E-state index is 0.0194. The summed E-state index contributed by atoms with van der Waals surface area (Å²) in [4.78, 5) is 1.67. The molecule has 0 spiro atoms. The van der Waals surface area contributed by atoms with Crippen LogP contribution in [0.15, 0.2) is 114 Å². The van der Waals surface area contributed by atoms with Crippen LogP contribution in [-0.4, -0.2) is 93.3 Å². The van der Waals surface area contributed by atoms with Gasteiger partial charge < -0.3 is 30.1 Å². The predicted molar refractivity (Wildman–Crippen MR) is 390 cm³/mol. The van der Waals surface area contributed by atoms with Crippen LogP contribution in [0.2, 0.25) is 0 Å². The number of rotatable bonds is 28. The van der Waals surface area contributed by atoms with E-state index < -0.39 is 20.2 Å². The summed E-state index contributed by atoms with van der Waals surface area (Å²) in [7, 11) is -9.42. The molecular weight excluding hydrogens is 1430 g/mol. The zero-order valence-corrected chi connectivity index (χ0v) is 66.9. The average molecular weight is 1520 g/mol. The first-order valence-electron chi connectivity index (χ1n) is 34.5. The molecule has 102 heavy (non-hydrogen) atoms. The van der Waals surface area contributed by atoms with Crippen molar-refractivity contribution in [1.29, 1.82) is 0 Å². The van der Waals surface area contributed by atoms with Crippen molar-refractivity contribution >= 4 is 136 Å². The fourth-order valence-electron chi connectivity index (χ4n) is 16.5. The first kappa shape index (κ1) is 84.5. The molecule has 0 fully saturated rings. The SMILES string of the molecule is CCCCC[N+]1=C(C(C)C)C(C)(C)c2c1ccc1c(SOO[O-])cc(S(=O)(=O)[O-])cc21.CCCCC[N+]1=C(C(C)C)C(C)(C)c2cc(SOO[O-])ccc21.CC[N+]1=C(C(C)C)C(C)(C)c2c1ccc1c(SOO[O-])cc(S(=O)(=O)[O-])cc21.CC[N+]1=C(C(C)C)C(C)(C)c2cc(SOO[O-])ccc21. The summed E-state index contributed by atoms with van der Waals surface area (Å²) < 4.78 is 98.0. The molecule has 0 radical (unpaired) electrons. The molecule has 0 saturated heterocycles. The Morgan fingerprint density at radius 1 is 0.382 bits per heavy atom. The second-order valence-electron chi connectivity index (χ2n) is 29.0. The van der Waals surface area contributed by atoms with E-state index in [1.165, 1.54) is 88.9 Å². The van der Waals surface area contributed by atoms with Gasteiger partial charge in [-0.3, -0.25) is 20.2 Å². The van der Waals surface area contributed by atoms with Crippen LogP contribution < -0.4 is 21.0 Å². The van der Waals surface area contributed by atoms with Gasteiger partial charge in [-0.15, -0.1) is 0 Å². The molecule has 0 N–H and O–H groups in total. The van der Waals surface area contributed by atoms with Crippen molar-refractivity contribution < 1.29 is 103 Å². The maximum Gasteiger partial charge on any atom is 0.210 e. The van der Waals surface area contributed by atoms with Gasteiger partial charge in [-0.25, -0.2) is 16.8 Å². The summed E-state index contributed by atoms with van der Waals surface area (Å²) in [6, 6.07) is 25.3. The molecule has 4 heterocycles. The zero-order valence-electron chi connectivity index (χ0n) is 62.1. The first-order valence-corrected chi connectivity index (χ1v) is 40.3. The normalized spacial score (nSPS) is 16.3. The van der Waals surface area contributed by atoms with Crippen molar-refractivity contribution in [1.82, 2.24) is 0 Å². The zero-order chi connectivity index (χ0) is 75.8.